The van der Waals surface area contributed by atoms with E-state index >= 15 is 0 Å². The van der Waals surface area contributed by atoms with Crippen LogP contribution in [0.5, 0.6) is 0 Å². The van der Waals surface area contributed by atoms with Crippen molar-refractivity contribution in [1.29, 1.82) is 0 Å². The molecule has 11 heavy (non-hydrogen) atoms. The highest BCUT2D eigenvalue weighted by atomic mass is 16.6. The molecular weight excluding hydrogens is 146 g/mol. The van der Waals surface area contributed by atoms with Crippen molar-refractivity contribution in [2.75, 3.05) is 13.7 Å². The predicted octanol–water partition coefficient (Wildman–Crippen LogP) is 1.59. The highest BCUT2D eigenvalue weighted by Crippen LogP contribution is 1.91. The minimum absolute atomic E-state index is 0.326. The molecule has 0 N–H and O–H groups in total. The lowest BCUT2D eigenvalue weighted by Gasteiger charge is -2.07. The SMILES string of the molecule is C=CN=NN(C)C(=O)OCC. The topological polar surface area (TPSA) is 54.3 Å². The zero-order valence-electron chi connectivity index (χ0n) is 6.65. The summed E-state index contributed by atoms with van der Waals surface area (Å²) in [4.78, 5) is 10.8. The molecule has 5 heteroatoms. The lowest BCUT2D eigenvalue weighted by Crippen LogP contribution is -2.21. The molecule has 62 valence electrons. The second-order valence-corrected chi connectivity index (χ2v) is 1.61. The number of amides is 1. The van der Waals surface area contributed by atoms with Crippen LogP contribution in [0.15, 0.2) is 23.1 Å². The standard InChI is InChI=1S/C6H11N3O2/c1-4-7-8-9(3)6(10)11-5-2/h4H,1,5H2,2-3H3. The molecule has 0 fully saturated rings. The van der Waals surface area contributed by atoms with Gasteiger partial charge in [0.1, 0.15) is 0 Å². The Morgan fingerprint density at radius 2 is 2.45 bits per heavy atom. The van der Waals surface area contributed by atoms with Gasteiger partial charge in [-0.15, -0.1) is 5.11 Å². The van der Waals surface area contributed by atoms with Crippen LogP contribution in [0.4, 0.5) is 4.79 Å². The minimum atomic E-state index is -0.530. The quantitative estimate of drug-likeness (QED) is 0.461. The van der Waals surface area contributed by atoms with Crippen molar-refractivity contribution < 1.29 is 9.53 Å². The number of nitrogens with zero attached hydrogens (tertiary/aromatic N) is 3. The van der Waals surface area contributed by atoms with Gasteiger partial charge in [-0.2, -0.15) is 5.01 Å². The second kappa shape index (κ2) is 5.40. The fourth-order valence-electron chi connectivity index (χ4n) is 0.367. The zero-order valence-corrected chi connectivity index (χ0v) is 6.65. The van der Waals surface area contributed by atoms with E-state index in [-0.39, 0.29) is 0 Å². The average molecular weight is 157 g/mol. The first-order chi connectivity index (χ1) is 5.22. The van der Waals surface area contributed by atoms with E-state index in [1.54, 1.807) is 6.92 Å². The van der Waals surface area contributed by atoms with E-state index in [0.717, 1.165) is 5.01 Å². The molecule has 0 bridgehead atoms. The maximum absolute atomic E-state index is 10.8. The van der Waals surface area contributed by atoms with Crippen molar-refractivity contribution in [3.8, 4) is 0 Å². The third-order valence-electron chi connectivity index (χ3n) is 0.799. The third kappa shape index (κ3) is 4.07. The molecule has 0 aromatic heterocycles. The fourth-order valence-corrected chi connectivity index (χ4v) is 0.367. The monoisotopic (exact) mass is 157 g/mol. The van der Waals surface area contributed by atoms with Crippen LogP contribution in [-0.2, 0) is 4.74 Å². The summed E-state index contributed by atoms with van der Waals surface area (Å²) in [5.41, 5.74) is 0. The zero-order chi connectivity index (χ0) is 8.69. The fraction of sp³-hybridized carbons (Fsp3) is 0.500. The first-order valence-electron chi connectivity index (χ1n) is 3.14. The van der Waals surface area contributed by atoms with E-state index in [4.69, 9.17) is 0 Å². The van der Waals surface area contributed by atoms with Gasteiger partial charge >= 0.3 is 6.09 Å². The third-order valence-corrected chi connectivity index (χ3v) is 0.799. The summed E-state index contributed by atoms with van der Waals surface area (Å²) in [6.45, 7) is 5.34. The van der Waals surface area contributed by atoms with Gasteiger partial charge in [-0.25, -0.2) is 4.79 Å². The summed E-state index contributed by atoms with van der Waals surface area (Å²) in [5, 5.41) is 7.81. The van der Waals surface area contributed by atoms with Crippen molar-refractivity contribution in [3.63, 3.8) is 0 Å². The highest BCUT2D eigenvalue weighted by molar-refractivity contribution is 5.66. The first kappa shape index (κ1) is 9.61. The Bertz CT molecular complexity index is 167. The van der Waals surface area contributed by atoms with Gasteiger partial charge in [-0.1, -0.05) is 11.8 Å². The van der Waals surface area contributed by atoms with Crippen LogP contribution in [0, 0.1) is 0 Å². The van der Waals surface area contributed by atoms with Crippen molar-refractivity contribution in [1.82, 2.24) is 5.01 Å². The van der Waals surface area contributed by atoms with Crippen LogP contribution < -0.4 is 0 Å². The largest absolute Gasteiger partial charge is 0.448 e. The van der Waals surface area contributed by atoms with E-state index in [1.807, 2.05) is 0 Å². The Hall–Kier alpha value is -1.39. The van der Waals surface area contributed by atoms with Crippen LogP contribution in [-0.4, -0.2) is 24.8 Å². The molecule has 5 nitrogen and oxygen atoms in total. The van der Waals surface area contributed by atoms with Crippen LogP contribution in [0.2, 0.25) is 0 Å². The number of carbonyl (C=O) groups excluding carboxylic acids is 1. The second-order valence-electron chi connectivity index (χ2n) is 1.61. The number of carbonyl (C=O) groups is 1. The summed E-state index contributed by atoms with van der Waals surface area (Å²) < 4.78 is 4.60. The van der Waals surface area contributed by atoms with Gasteiger partial charge in [0.15, 0.2) is 0 Å². The van der Waals surface area contributed by atoms with Crippen molar-refractivity contribution in [3.05, 3.63) is 12.8 Å². The van der Waals surface area contributed by atoms with Gasteiger partial charge in [-0.05, 0) is 6.92 Å². The molecular formula is C6H11N3O2. The van der Waals surface area contributed by atoms with E-state index in [1.165, 1.54) is 13.2 Å². The lowest BCUT2D eigenvalue weighted by molar-refractivity contribution is 0.115. The van der Waals surface area contributed by atoms with E-state index < -0.39 is 6.09 Å². The number of ether oxygens (including phenoxy) is 1. The Morgan fingerprint density at radius 3 is 2.91 bits per heavy atom. The Balaban J connectivity index is 3.81. The van der Waals surface area contributed by atoms with Crippen LogP contribution in [0.3, 0.4) is 0 Å². The van der Waals surface area contributed by atoms with Gasteiger partial charge in [0.25, 0.3) is 0 Å². The predicted molar refractivity (Wildman–Crippen MR) is 39.8 cm³/mol. The molecule has 0 aliphatic carbocycles. The van der Waals surface area contributed by atoms with Crippen LogP contribution >= 0.6 is 0 Å². The summed E-state index contributed by atoms with van der Waals surface area (Å²) in [5.74, 6) is 0. The molecule has 0 aliphatic rings. The summed E-state index contributed by atoms with van der Waals surface area (Å²) in [6, 6.07) is 0. The van der Waals surface area contributed by atoms with E-state index in [9.17, 15) is 4.79 Å². The van der Waals surface area contributed by atoms with Gasteiger partial charge in [0.2, 0.25) is 0 Å². The number of hydrogen-bond acceptors (Lipinski definition) is 4. The van der Waals surface area contributed by atoms with Gasteiger partial charge in [0, 0.05) is 13.2 Å². The van der Waals surface area contributed by atoms with Crippen LogP contribution in [0.25, 0.3) is 0 Å². The van der Waals surface area contributed by atoms with Gasteiger partial charge in [-0.3, -0.25) is 0 Å². The van der Waals surface area contributed by atoms with Crippen molar-refractivity contribution >= 4 is 6.09 Å². The molecule has 0 aromatic carbocycles. The molecule has 0 unspecified atom stereocenters. The van der Waals surface area contributed by atoms with Crippen LogP contribution in [0.1, 0.15) is 6.92 Å². The Morgan fingerprint density at radius 1 is 1.82 bits per heavy atom. The van der Waals surface area contributed by atoms with E-state index in [2.05, 4.69) is 21.7 Å². The summed E-state index contributed by atoms with van der Waals surface area (Å²) in [6.07, 6.45) is 0.702. The maximum atomic E-state index is 10.8. The first-order valence-corrected chi connectivity index (χ1v) is 3.14. The maximum Gasteiger partial charge on any atom is 0.431 e. The minimum Gasteiger partial charge on any atom is -0.448 e. The molecule has 0 saturated heterocycles. The van der Waals surface area contributed by atoms with Gasteiger partial charge in [0.05, 0.1) is 6.61 Å². The van der Waals surface area contributed by atoms with Crippen molar-refractivity contribution in [2.24, 2.45) is 10.3 Å². The highest BCUT2D eigenvalue weighted by Gasteiger charge is 2.05. The van der Waals surface area contributed by atoms with Crippen molar-refractivity contribution in [2.45, 2.75) is 6.92 Å². The number of hydrogen-bond donors (Lipinski definition) is 0. The lowest BCUT2D eigenvalue weighted by atomic mass is 10.9. The molecule has 0 saturated carbocycles. The van der Waals surface area contributed by atoms with Gasteiger partial charge < -0.3 is 4.74 Å². The molecule has 0 spiro atoms. The molecule has 1 amide bonds. The molecule has 0 atom stereocenters. The molecule has 0 aromatic rings. The molecule has 0 aliphatic heterocycles. The smallest absolute Gasteiger partial charge is 0.431 e. The summed E-state index contributed by atoms with van der Waals surface area (Å²) >= 11 is 0. The Labute approximate surface area is 65.3 Å². The average Bonchev–Trinajstić information content (AvgIpc) is 2.00. The molecule has 0 rings (SSSR count). The summed E-state index contributed by atoms with van der Waals surface area (Å²) in [7, 11) is 1.45. The molecule has 0 heterocycles. The molecule has 0 radical (unpaired) electrons. The normalized spacial score (nSPS) is 9.64. The Kier molecular flexibility index (Phi) is 4.72. The number of rotatable bonds is 3. The van der Waals surface area contributed by atoms with E-state index in [0.29, 0.717) is 6.61 Å².